The third kappa shape index (κ3) is 3.06. The van der Waals surface area contributed by atoms with Crippen molar-refractivity contribution in [3.63, 3.8) is 0 Å². The van der Waals surface area contributed by atoms with Crippen molar-refractivity contribution < 1.29 is 4.74 Å². The minimum atomic E-state index is 0.361. The Bertz CT molecular complexity index is 336. The van der Waals surface area contributed by atoms with E-state index in [1.807, 2.05) is 6.07 Å². The first-order chi connectivity index (χ1) is 7.77. The monoisotopic (exact) mass is 283 g/mol. The Morgan fingerprint density at radius 3 is 3.00 bits per heavy atom. The molecule has 1 aromatic carbocycles. The summed E-state index contributed by atoms with van der Waals surface area (Å²) in [7, 11) is 0. The lowest BCUT2D eigenvalue weighted by atomic mass is 10.1. The Morgan fingerprint density at radius 1 is 1.50 bits per heavy atom. The van der Waals surface area contributed by atoms with Gasteiger partial charge in [-0.15, -0.1) is 0 Å². The topological polar surface area (TPSA) is 21.3 Å². The van der Waals surface area contributed by atoms with Crippen LogP contribution in [0.5, 0.6) is 0 Å². The lowest BCUT2D eigenvalue weighted by Gasteiger charge is -2.18. The molecule has 1 heterocycles. The van der Waals surface area contributed by atoms with Crippen LogP contribution in [0.2, 0.25) is 0 Å². The number of benzene rings is 1. The summed E-state index contributed by atoms with van der Waals surface area (Å²) >= 11 is 3.58. The van der Waals surface area contributed by atoms with Gasteiger partial charge in [-0.2, -0.15) is 0 Å². The summed E-state index contributed by atoms with van der Waals surface area (Å²) in [5.74, 6) is 0. The number of nitrogens with one attached hydrogen (secondary N) is 1. The summed E-state index contributed by atoms with van der Waals surface area (Å²) < 4.78 is 6.76. The van der Waals surface area contributed by atoms with E-state index in [1.165, 1.54) is 22.9 Å². The highest BCUT2D eigenvalue weighted by Gasteiger charge is 2.16. The molecule has 1 N–H and O–H groups in total. The molecule has 1 aromatic rings. The Morgan fingerprint density at radius 2 is 2.31 bits per heavy atom. The maximum atomic E-state index is 5.60. The van der Waals surface area contributed by atoms with Gasteiger partial charge >= 0.3 is 0 Å². The van der Waals surface area contributed by atoms with Crippen molar-refractivity contribution in [3.05, 3.63) is 34.3 Å². The standard InChI is InChI=1S/C13H18BrNO/c1-10(12-6-2-3-7-13(12)14)15-9-11-5-4-8-16-11/h2-3,6-7,10-11,15H,4-5,8-9H2,1H3/t10-,11?/m1/s1. The predicted octanol–water partition coefficient (Wildman–Crippen LogP) is 3.28. The molecule has 0 amide bonds. The lowest BCUT2D eigenvalue weighted by Crippen LogP contribution is -2.28. The fourth-order valence-electron chi connectivity index (χ4n) is 2.05. The van der Waals surface area contributed by atoms with E-state index in [9.17, 15) is 0 Å². The van der Waals surface area contributed by atoms with Crippen molar-refractivity contribution in [1.82, 2.24) is 5.32 Å². The van der Waals surface area contributed by atoms with Gasteiger partial charge in [0.15, 0.2) is 0 Å². The second-order valence-electron chi connectivity index (χ2n) is 4.29. The number of hydrogen-bond donors (Lipinski definition) is 1. The van der Waals surface area contributed by atoms with Crippen molar-refractivity contribution in [3.8, 4) is 0 Å². The highest BCUT2D eigenvalue weighted by Crippen LogP contribution is 2.23. The van der Waals surface area contributed by atoms with E-state index in [0.717, 1.165) is 13.2 Å². The molecule has 1 unspecified atom stereocenters. The second kappa shape index (κ2) is 5.80. The van der Waals surface area contributed by atoms with E-state index in [0.29, 0.717) is 12.1 Å². The zero-order valence-electron chi connectivity index (χ0n) is 9.58. The van der Waals surface area contributed by atoms with Crippen molar-refractivity contribution >= 4 is 15.9 Å². The predicted molar refractivity (Wildman–Crippen MR) is 69.5 cm³/mol. The molecule has 2 nitrogen and oxygen atoms in total. The van der Waals surface area contributed by atoms with Gasteiger partial charge in [0.25, 0.3) is 0 Å². The first-order valence-electron chi connectivity index (χ1n) is 5.87. The van der Waals surface area contributed by atoms with Crippen LogP contribution in [0.25, 0.3) is 0 Å². The smallest absolute Gasteiger partial charge is 0.0700 e. The van der Waals surface area contributed by atoms with Gasteiger partial charge in [0, 0.05) is 23.7 Å². The van der Waals surface area contributed by atoms with E-state index in [1.54, 1.807) is 0 Å². The van der Waals surface area contributed by atoms with Gasteiger partial charge in [0.05, 0.1) is 6.10 Å². The molecule has 0 spiro atoms. The van der Waals surface area contributed by atoms with Crippen LogP contribution >= 0.6 is 15.9 Å². The number of rotatable bonds is 4. The van der Waals surface area contributed by atoms with Gasteiger partial charge in [-0.05, 0) is 31.4 Å². The second-order valence-corrected chi connectivity index (χ2v) is 5.14. The zero-order valence-corrected chi connectivity index (χ0v) is 11.2. The van der Waals surface area contributed by atoms with Gasteiger partial charge in [-0.25, -0.2) is 0 Å². The minimum absolute atomic E-state index is 0.361. The van der Waals surface area contributed by atoms with Gasteiger partial charge in [0.2, 0.25) is 0 Å². The van der Waals surface area contributed by atoms with Crippen LogP contribution in [0.15, 0.2) is 28.7 Å². The Hall–Kier alpha value is -0.380. The maximum absolute atomic E-state index is 5.60. The van der Waals surface area contributed by atoms with E-state index >= 15 is 0 Å². The fraction of sp³-hybridized carbons (Fsp3) is 0.538. The van der Waals surface area contributed by atoms with E-state index in [-0.39, 0.29) is 0 Å². The Balaban J connectivity index is 1.87. The minimum Gasteiger partial charge on any atom is -0.377 e. The number of halogens is 1. The summed E-state index contributed by atoms with van der Waals surface area (Å²) in [5, 5.41) is 3.53. The SMILES string of the molecule is C[C@@H](NCC1CCCO1)c1ccccc1Br. The summed E-state index contributed by atoms with van der Waals surface area (Å²) in [6, 6.07) is 8.71. The summed E-state index contributed by atoms with van der Waals surface area (Å²) in [6.07, 6.45) is 2.80. The molecule has 0 aromatic heterocycles. The molecule has 0 radical (unpaired) electrons. The van der Waals surface area contributed by atoms with Gasteiger partial charge in [0.1, 0.15) is 0 Å². The molecule has 0 saturated carbocycles. The maximum Gasteiger partial charge on any atom is 0.0700 e. The third-order valence-corrected chi connectivity index (χ3v) is 3.77. The van der Waals surface area contributed by atoms with Crippen molar-refractivity contribution in [2.24, 2.45) is 0 Å². The van der Waals surface area contributed by atoms with Crippen LogP contribution in [0, 0.1) is 0 Å². The molecule has 16 heavy (non-hydrogen) atoms. The van der Waals surface area contributed by atoms with Crippen LogP contribution in [0.3, 0.4) is 0 Å². The van der Waals surface area contributed by atoms with Crippen LogP contribution < -0.4 is 5.32 Å². The van der Waals surface area contributed by atoms with Crippen LogP contribution in [-0.2, 0) is 4.74 Å². The highest BCUT2D eigenvalue weighted by atomic mass is 79.9. The average Bonchev–Trinajstić information content (AvgIpc) is 2.79. The molecule has 2 rings (SSSR count). The van der Waals surface area contributed by atoms with E-state index in [4.69, 9.17) is 4.74 Å². The largest absolute Gasteiger partial charge is 0.377 e. The summed E-state index contributed by atoms with van der Waals surface area (Å²) in [5.41, 5.74) is 1.31. The summed E-state index contributed by atoms with van der Waals surface area (Å²) in [4.78, 5) is 0. The normalized spacial score (nSPS) is 22.2. The van der Waals surface area contributed by atoms with E-state index < -0.39 is 0 Å². The summed E-state index contributed by atoms with van der Waals surface area (Å²) in [6.45, 7) is 4.06. The van der Waals surface area contributed by atoms with Gasteiger partial charge in [-0.1, -0.05) is 34.1 Å². The lowest BCUT2D eigenvalue weighted by molar-refractivity contribution is 0.108. The quantitative estimate of drug-likeness (QED) is 0.916. The van der Waals surface area contributed by atoms with Crippen molar-refractivity contribution in [1.29, 1.82) is 0 Å². The molecule has 0 bridgehead atoms. The van der Waals surface area contributed by atoms with Crippen LogP contribution in [0.4, 0.5) is 0 Å². The zero-order chi connectivity index (χ0) is 11.4. The first-order valence-corrected chi connectivity index (χ1v) is 6.66. The molecule has 1 aliphatic rings. The van der Waals surface area contributed by atoms with Crippen molar-refractivity contribution in [2.75, 3.05) is 13.2 Å². The van der Waals surface area contributed by atoms with Gasteiger partial charge in [-0.3, -0.25) is 0 Å². The molecular weight excluding hydrogens is 266 g/mol. The number of hydrogen-bond acceptors (Lipinski definition) is 2. The molecule has 1 aliphatic heterocycles. The van der Waals surface area contributed by atoms with Gasteiger partial charge < -0.3 is 10.1 Å². The molecule has 0 aliphatic carbocycles. The molecular formula is C13H18BrNO. The third-order valence-electron chi connectivity index (χ3n) is 3.05. The fourth-order valence-corrected chi connectivity index (χ4v) is 2.68. The van der Waals surface area contributed by atoms with Crippen molar-refractivity contribution in [2.45, 2.75) is 31.9 Å². The average molecular weight is 284 g/mol. The van der Waals surface area contributed by atoms with Crippen LogP contribution in [0.1, 0.15) is 31.4 Å². The molecule has 88 valence electrons. The van der Waals surface area contributed by atoms with E-state index in [2.05, 4.69) is 46.4 Å². The van der Waals surface area contributed by atoms with Crippen LogP contribution in [-0.4, -0.2) is 19.3 Å². The molecule has 3 heteroatoms. The first kappa shape index (κ1) is 12.1. The number of ether oxygens (including phenoxy) is 1. The Labute approximate surface area is 106 Å². The highest BCUT2D eigenvalue weighted by molar-refractivity contribution is 9.10. The molecule has 1 fully saturated rings. The molecule has 1 saturated heterocycles. The Kier molecular flexibility index (Phi) is 4.38. The molecule has 2 atom stereocenters.